The van der Waals surface area contributed by atoms with Crippen molar-refractivity contribution >= 4 is 50.9 Å². The van der Waals surface area contributed by atoms with Crippen LogP contribution in [-0.2, 0) is 6.54 Å². The number of piperidine rings is 1. The summed E-state index contributed by atoms with van der Waals surface area (Å²) in [6.45, 7) is 5.81. The molecule has 0 aromatic heterocycles. The number of amides is 2. The Kier molecular flexibility index (Phi) is 8.18. The van der Waals surface area contributed by atoms with E-state index in [-0.39, 0.29) is 12.1 Å². The van der Waals surface area contributed by atoms with Crippen molar-refractivity contribution in [1.29, 1.82) is 0 Å². The van der Waals surface area contributed by atoms with E-state index in [0.717, 1.165) is 55.8 Å². The fourth-order valence-electron chi connectivity index (χ4n) is 3.98. The molecule has 0 atom stereocenters. The predicted octanol–water partition coefficient (Wildman–Crippen LogP) is 5.24. The van der Waals surface area contributed by atoms with Crippen LogP contribution in [-0.4, -0.2) is 61.2 Å². The van der Waals surface area contributed by atoms with Gasteiger partial charge in [-0.2, -0.15) is 0 Å². The second kappa shape index (κ2) is 11.1. The fraction of sp³-hybridized carbons (Fsp3) is 0.435. The van der Waals surface area contributed by atoms with Crippen molar-refractivity contribution in [2.45, 2.75) is 25.5 Å². The number of halogens is 3. The fourth-order valence-corrected chi connectivity index (χ4v) is 4.96. The summed E-state index contributed by atoms with van der Waals surface area (Å²) in [5, 5.41) is 7.21. The highest BCUT2D eigenvalue weighted by Gasteiger charge is 2.22. The van der Waals surface area contributed by atoms with Crippen molar-refractivity contribution in [3.63, 3.8) is 0 Å². The molecular formula is C23H27BrCl2N4O2. The van der Waals surface area contributed by atoms with Crippen LogP contribution < -0.4 is 15.4 Å². The third-order valence-corrected chi connectivity index (χ3v) is 6.98. The molecule has 2 N–H and O–H groups in total. The lowest BCUT2D eigenvalue weighted by atomic mass is 10.1. The summed E-state index contributed by atoms with van der Waals surface area (Å²) >= 11 is 15.8. The number of piperazine rings is 1. The molecule has 2 aromatic carbocycles. The van der Waals surface area contributed by atoms with Gasteiger partial charge in [0.1, 0.15) is 11.9 Å². The lowest BCUT2D eigenvalue weighted by Gasteiger charge is -2.34. The maximum atomic E-state index is 12.6. The Morgan fingerprint density at radius 1 is 1.09 bits per heavy atom. The van der Waals surface area contributed by atoms with E-state index in [1.54, 1.807) is 18.2 Å². The number of hydrogen-bond donors (Lipinski definition) is 2. The third-order valence-electron chi connectivity index (χ3n) is 5.81. The standard InChI is InChI=1S/C23H27BrCl2N4O2/c24-19-13-16(1-4-22(19)32-18-5-7-27-8-6-18)15-29-9-11-30(12-10-29)23(31)28-21-3-2-17(25)14-20(21)26/h1-4,13-14,18,27H,5-12,15H2,(H,28,31). The van der Waals surface area contributed by atoms with E-state index in [0.29, 0.717) is 28.8 Å². The van der Waals surface area contributed by atoms with E-state index in [4.69, 9.17) is 27.9 Å². The number of hydrogen-bond acceptors (Lipinski definition) is 4. The van der Waals surface area contributed by atoms with E-state index in [2.05, 4.69) is 49.7 Å². The van der Waals surface area contributed by atoms with Crippen LogP contribution in [0.3, 0.4) is 0 Å². The van der Waals surface area contributed by atoms with Gasteiger partial charge in [0.05, 0.1) is 15.2 Å². The van der Waals surface area contributed by atoms with Gasteiger partial charge in [0, 0.05) is 37.7 Å². The maximum absolute atomic E-state index is 12.6. The SMILES string of the molecule is O=C(Nc1ccc(Cl)cc1Cl)N1CCN(Cc2ccc(OC3CCNCC3)c(Br)c2)CC1. The van der Waals surface area contributed by atoms with Crippen molar-refractivity contribution < 1.29 is 9.53 Å². The quantitative estimate of drug-likeness (QED) is 0.543. The molecule has 2 aliphatic rings. The minimum absolute atomic E-state index is 0.143. The minimum atomic E-state index is -0.143. The third kappa shape index (κ3) is 6.29. The first-order valence-electron chi connectivity index (χ1n) is 10.9. The number of ether oxygens (including phenoxy) is 1. The second-order valence-corrected chi connectivity index (χ2v) is 9.85. The molecule has 0 radical (unpaired) electrons. The van der Waals surface area contributed by atoms with Crippen LogP contribution >= 0.6 is 39.1 Å². The number of benzene rings is 2. The van der Waals surface area contributed by atoms with Crippen LogP contribution in [0.2, 0.25) is 10.0 Å². The van der Waals surface area contributed by atoms with E-state index < -0.39 is 0 Å². The Bertz CT molecular complexity index is 948. The molecule has 2 amide bonds. The zero-order valence-corrected chi connectivity index (χ0v) is 20.8. The second-order valence-electron chi connectivity index (χ2n) is 8.15. The number of urea groups is 1. The Labute approximate surface area is 207 Å². The lowest BCUT2D eigenvalue weighted by Crippen LogP contribution is -2.49. The number of nitrogens with zero attached hydrogens (tertiary/aromatic N) is 2. The highest BCUT2D eigenvalue weighted by atomic mass is 79.9. The molecule has 4 rings (SSSR count). The Balaban J connectivity index is 1.26. The minimum Gasteiger partial charge on any atom is -0.489 e. The number of carbonyl (C=O) groups is 1. The van der Waals surface area contributed by atoms with E-state index in [1.165, 1.54) is 5.56 Å². The van der Waals surface area contributed by atoms with E-state index in [9.17, 15) is 4.79 Å². The van der Waals surface area contributed by atoms with Crippen LogP contribution in [0, 0.1) is 0 Å². The van der Waals surface area contributed by atoms with Crippen LogP contribution in [0.5, 0.6) is 5.75 Å². The van der Waals surface area contributed by atoms with Gasteiger partial charge in [-0.3, -0.25) is 4.90 Å². The van der Waals surface area contributed by atoms with E-state index in [1.807, 2.05) is 4.90 Å². The largest absolute Gasteiger partial charge is 0.489 e. The van der Waals surface area contributed by atoms with Gasteiger partial charge < -0.3 is 20.3 Å². The molecule has 0 aliphatic carbocycles. The number of carbonyl (C=O) groups excluding carboxylic acids is 1. The molecule has 0 bridgehead atoms. The summed E-state index contributed by atoms with van der Waals surface area (Å²) in [6, 6.07) is 11.2. The first-order chi connectivity index (χ1) is 15.5. The topological polar surface area (TPSA) is 56.8 Å². The van der Waals surface area contributed by atoms with Gasteiger partial charge >= 0.3 is 6.03 Å². The summed E-state index contributed by atoms with van der Waals surface area (Å²) in [5.74, 6) is 0.906. The van der Waals surface area contributed by atoms with Crippen LogP contribution in [0.25, 0.3) is 0 Å². The highest BCUT2D eigenvalue weighted by Crippen LogP contribution is 2.29. The zero-order valence-electron chi connectivity index (χ0n) is 17.8. The maximum Gasteiger partial charge on any atom is 0.321 e. The van der Waals surface area contributed by atoms with Gasteiger partial charge in [-0.1, -0.05) is 29.3 Å². The molecule has 9 heteroatoms. The Hall–Kier alpha value is -1.51. The molecule has 0 unspecified atom stereocenters. The van der Waals surface area contributed by atoms with Crippen molar-refractivity contribution in [1.82, 2.24) is 15.1 Å². The van der Waals surface area contributed by atoms with Crippen LogP contribution in [0.15, 0.2) is 40.9 Å². The number of nitrogens with one attached hydrogen (secondary N) is 2. The molecule has 2 saturated heterocycles. The highest BCUT2D eigenvalue weighted by molar-refractivity contribution is 9.10. The monoisotopic (exact) mass is 540 g/mol. The smallest absolute Gasteiger partial charge is 0.321 e. The van der Waals surface area contributed by atoms with Gasteiger partial charge in [-0.25, -0.2) is 4.79 Å². The molecule has 2 fully saturated rings. The van der Waals surface area contributed by atoms with Crippen molar-refractivity contribution in [2.75, 3.05) is 44.6 Å². The molecule has 32 heavy (non-hydrogen) atoms. The predicted molar refractivity (Wildman–Crippen MR) is 133 cm³/mol. The summed E-state index contributed by atoms with van der Waals surface area (Å²) < 4.78 is 7.16. The van der Waals surface area contributed by atoms with Crippen LogP contribution in [0.1, 0.15) is 18.4 Å². The molecule has 2 heterocycles. The molecule has 2 aliphatic heterocycles. The van der Waals surface area contributed by atoms with Crippen molar-refractivity contribution in [3.05, 3.63) is 56.5 Å². The summed E-state index contributed by atoms with van der Waals surface area (Å²) in [5.41, 5.74) is 1.79. The number of anilines is 1. The molecule has 0 spiro atoms. The van der Waals surface area contributed by atoms with Gasteiger partial charge in [0.25, 0.3) is 0 Å². The van der Waals surface area contributed by atoms with Crippen molar-refractivity contribution in [2.24, 2.45) is 0 Å². The average molecular weight is 542 g/mol. The van der Waals surface area contributed by atoms with Gasteiger partial charge in [0.2, 0.25) is 0 Å². The summed E-state index contributed by atoms with van der Waals surface area (Å²) in [4.78, 5) is 16.8. The van der Waals surface area contributed by atoms with Crippen molar-refractivity contribution in [3.8, 4) is 5.75 Å². The zero-order chi connectivity index (χ0) is 22.5. The van der Waals surface area contributed by atoms with Gasteiger partial charge in [-0.15, -0.1) is 0 Å². The average Bonchev–Trinajstić information content (AvgIpc) is 2.79. The molecule has 2 aromatic rings. The first kappa shape index (κ1) is 23.6. The van der Waals surface area contributed by atoms with Gasteiger partial charge in [-0.05, 0) is 77.8 Å². The summed E-state index contributed by atoms with van der Waals surface area (Å²) in [6.07, 6.45) is 2.35. The summed E-state index contributed by atoms with van der Waals surface area (Å²) in [7, 11) is 0. The normalized spacial score (nSPS) is 17.9. The van der Waals surface area contributed by atoms with E-state index >= 15 is 0 Å². The molecule has 0 saturated carbocycles. The lowest BCUT2D eigenvalue weighted by molar-refractivity contribution is 0.142. The Morgan fingerprint density at radius 3 is 2.53 bits per heavy atom. The number of rotatable bonds is 5. The van der Waals surface area contributed by atoms with Crippen LogP contribution in [0.4, 0.5) is 10.5 Å². The first-order valence-corrected chi connectivity index (χ1v) is 12.4. The van der Waals surface area contributed by atoms with Gasteiger partial charge in [0.15, 0.2) is 0 Å². The Morgan fingerprint density at radius 2 is 1.84 bits per heavy atom. The molecule has 6 nitrogen and oxygen atoms in total. The molecular weight excluding hydrogens is 515 g/mol. The molecule has 172 valence electrons.